The number of thioether (sulfide) groups is 1. The zero-order valence-corrected chi connectivity index (χ0v) is 12.4. The molecule has 1 rings (SSSR count). The second kappa shape index (κ2) is 7.87. The van der Waals surface area contributed by atoms with Gasteiger partial charge in [-0.25, -0.2) is 0 Å². The lowest BCUT2D eigenvalue weighted by Gasteiger charge is -2.24. The predicted octanol–water partition coefficient (Wildman–Crippen LogP) is 3.64. The summed E-state index contributed by atoms with van der Waals surface area (Å²) in [4.78, 5) is 0. The van der Waals surface area contributed by atoms with Gasteiger partial charge >= 0.3 is 0 Å². The van der Waals surface area contributed by atoms with E-state index in [1.54, 1.807) is 6.07 Å². The third kappa shape index (κ3) is 6.94. The van der Waals surface area contributed by atoms with Crippen molar-refractivity contribution in [1.82, 2.24) is 5.32 Å². The monoisotopic (exact) mass is 293 g/mol. The van der Waals surface area contributed by atoms with Crippen LogP contribution in [0.3, 0.4) is 0 Å². The highest BCUT2D eigenvalue weighted by Gasteiger charge is 2.17. The molecular weight excluding hydrogens is 272 g/mol. The maximum atomic E-state index is 12.0. The van der Waals surface area contributed by atoms with Gasteiger partial charge in [-0.15, -0.1) is 0 Å². The minimum atomic E-state index is -2.36. The molecule has 0 aliphatic carbocycles. The van der Waals surface area contributed by atoms with E-state index < -0.39 is 5.76 Å². The molecule has 0 fully saturated rings. The lowest BCUT2D eigenvalue weighted by molar-refractivity contribution is -0.00920. The average molecular weight is 293 g/mol. The van der Waals surface area contributed by atoms with Crippen molar-refractivity contribution in [1.29, 1.82) is 0 Å². The van der Waals surface area contributed by atoms with Gasteiger partial charge in [-0.1, -0.05) is 11.8 Å². The summed E-state index contributed by atoms with van der Waals surface area (Å²) in [5.41, 5.74) is -0.226. The van der Waals surface area contributed by atoms with Gasteiger partial charge in [0.15, 0.2) is 0 Å². The van der Waals surface area contributed by atoms with E-state index in [4.69, 9.17) is 9.15 Å². The molecule has 0 amide bonds. The molecule has 3 nitrogen and oxygen atoms in total. The van der Waals surface area contributed by atoms with Crippen LogP contribution in [0.5, 0.6) is 0 Å². The normalized spacial score (nSPS) is 12.3. The summed E-state index contributed by atoms with van der Waals surface area (Å²) in [5.74, 6) is -0.843. The van der Waals surface area contributed by atoms with Gasteiger partial charge in [0.05, 0.1) is 17.9 Å². The molecule has 6 heteroatoms. The van der Waals surface area contributed by atoms with Gasteiger partial charge in [0, 0.05) is 13.2 Å². The second-order valence-corrected chi connectivity index (χ2v) is 5.71. The average Bonchev–Trinajstić information content (AvgIpc) is 2.74. The summed E-state index contributed by atoms with van der Waals surface area (Å²) in [6, 6.07) is 3.54. The lowest BCUT2D eigenvalue weighted by Crippen LogP contribution is -2.37. The molecule has 0 aromatic carbocycles. The van der Waals surface area contributed by atoms with Gasteiger partial charge in [0.1, 0.15) is 11.5 Å². The standard InChI is InChI=1S/C13H21F2NO2S/c1-4-17-13(2,3)9-16-7-10-5-6-11(18-10)8-19-12(14)15/h5-6,12,16H,4,7-9H2,1-3H3. The molecule has 0 saturated heterocycles. The zero-order chi connectivity index (χ0) is 14.3. The summed E-state index contributed by atoms with van der Waals surface area (Å²) in [6.45, 7) is 7.91. The molecule has 0 atom stereocenters. The van der Waals surface area contributed by atoms with E-state index in [0.29, 0.717) is 37.2 Å². The van der Waals surface area contributed by atoms with Crippen LogP contribution in [0.1, 0.15) is 32.3 Å². The minimum absolute atomic E-state index is 0.197. The number of alkyl halides is 2. The zero-order valence-electron chi connectivity index (χ0n) is 11.5. The molecule has 0 bridgehead atoms. The smallest absolute Gasteiger partial charge is 0.284 e. The Morgan fingerprint density at radius 1 is 1.37 bits per heavy atom. The van der Waals surface area contributed by atoms with E-state index >= 15 is 0 Å². The van der Waals surface area contributed by atoms with Crippen LogP contribution in [-0.2, 0) is 17.0 Å². The minimum Gasteiger partial charge on any atom is -0.464 e. The number of rotatable bonds is 9. The molecule has 1 heterocycles. The van der Waals surface area contributed by atoms with Crippen LogP contribution in [0, 0.1) is 0 Å². The highest BCUT2D eigenvalue weighted by atomic mass is 32.2. The Balaban J connectivity index is 2.30. The quantitative estimate of drug-likeness (QED) is 0.754. The van der Waals surface area contributed by atoms with E-state index in [1.165, 1.54) is 0 Å². The van der Waals surface area contributed by atoms with Crippen molar-refractivity contribution in [2.75, 3.05) is 13.2 Å². The number of halogens is 2. The van der Waals surface area contributed by atoms with Crippen LogP contribution in [0.2, 0.25) is 0 Å². The van der Waals surface area contributed by atoms with Crippen molar-refractivity contribution < 1.29 is 17.9 Å². The Hall–Kier alpha value is -0.590. The Bertz CT molecular complexity index is 369. The summed E-state index contributed by atoms with van der Waals surface area (Å²) >= 11 is 0.565. The highest BCUT2D eigenvalue weighted by Crippen LogP contribution is 2.21. The SMILES string of the molecule is CCOC(C)(C)CNCc1ccc(CSC(F)F)o1. The first-order chi connectivity index (χ1) is 8.93. The number of hydrogen-bond acceptors (Lipinski definition) is 4. The number of furan rings is 1. The summed E-state index contributed by atoms with van der Waals surface area (Å²) < 4.78 is 35.1. The molecule has 1 N–H and O–H groups in total. The molecule has 0 saturated carbocycles. The molecular formula is C13H21F2NO2S. The molecule has 19 heavy (non-hydrogen) atoms. The fourth-order valence-electron chi connectivity index (χ4n) is 1.67. The summed E-state index contributed by atoms with van der Waals surface area (Å²) in [6.07, 6.45) is 0. The molecule has 1 aromatic heterocycles. The Morgan fingerprint density at radius 3 is 2.68 bits per heavy atom. The maximum absolute atomic E-state index is 12.0. The molecule has 0 aliphatic rings. The van der Waals surface area contributed by atoms with E-state index in [-0.39, 0.29) is 11.4 Å². The van der Waals surface area contributed by atoms with Gasteiger partial charge in [-0.05, 0) is 32.9 Å². The van der Waals surface area contributed by atoms with E-state index in [0.717, 1.165) is 5.76 Å². The third-order valence-electron chi connectivity index (χ3n) is 2.45. The Kier molecular flexibility index (Phi) is 6.82. The van der Waals surface area contributed by atoms with E-state index in [1.807, 2.05) is 26.8 Å². The van der Waals surface area contributed by atoms with Gasteiger partial charge in [0.25, 0.3) is 5.76 Å². The van der Waals surface area contributed by atoms with Crippen molar-refractivity contribution in [2.24, 2.45) is 0 Å². The summed E-state index contributed by atoms with van der Waals surface area (Å²) in [7, 11) is 0. The fraction of sp³-hybridized carbons (Fsp3) is 0.692. The second-order valence-electron chi connectivity index (χ2n) is 4.74. The topological polar surface area (TPSA) is 34.4 Å². The van der Waals surface area contributed by atoms with Gasteiger partial charge in [0.2, 0.25) is 0 Å². The van der Waals surface area contributed by atoms with Crippen molar-refractivity contribution in [2.45, 2.75) is 44.4 Å². The highest BCUT2D eigenvalue weighted by molar-refractivity contribution is 7.98. The van der Waals surface area contributed by atoms with Crippen LogP contribution in [0.4, 0.5) is 8.78 Å². The van der Waals surface area contributed by atoms with Crippen LogP contribution in [0.25, 0.3) is 0 Å². The van der Waals surface area contributed by atoms with Crippen LogP contribution in [-0.4, -0.2) is 24.5 Å². The Labute approximate surface area is 117 Å². The number of hydrogen-bond donors (Lipinski definition) is 1. The van der Waals surface area contributed by atoms with Crippen molar-refractivity contribution in [3.8, 4) is 0 Å². The first-order valence-corrected chi connectivity index (χ1v) is 7.30. The largest absolute Gasteiger partial charge is 0.464 e. The molecule has 0 spiro atoms. The third-order valence-corrected chi connectivity index (χ3v) is 3.16. The lowest BCUT2D eigenvalue weighted by atomic mass is 10.1. The van der Waals surface area contributed by atoms with Crippen molar-refractivity contribution >= 4 is 11.8 Å². The van der Waals surface area contributed by atoms with E-state index in [2.05, 4.69) is 5.32 Å². The Morgan fingerprint density at radius 2 is 2.05 bits per heavy atom. The van der Waals surface area contributed by atoms with Crippen LogP contribution in [0.15, 0.2) is 16.5 Å². The fourth-order valence-corrected chi connectivity index (χ4v) is 2.11. The van der Waals surface area contributed by atoms with Crippen LogP contribution < -0.4 is 5.32 Å². The van der Waals surface area contributed by atoms with Crippen molar-refractivity contribution in [3.63, 3.8) is 0 Å². The first-order valence-electron chi connectivity index (χ1n) is 6.25. The molecule has 110 valence electrons. The summed E-state index contributed by atoms with van der Waals surface area (Å²) in [5, 5.41) is 3.23. The molecule has 1 aromatic rings. The predicted molar refractivity (Wildman–Crippen MR) is 73.4 cm³/mol. The number of ether oxygens (including phenoxy) is 1. The van der Waals surface area contributed by atoms with Crippen LogP contribution >= 0.6 is 11.8 Å². The maximum Gasteiger partial charge on any atom is 0.284 e. The van der Waals surface area contributed by atoms with Gasteiger partial charge < -0.3 is 14.5 Å². The molecule has 0 radical (unpaired) electrons. The molecule has 0 unspecified atom stereocenters. The number of nitrogens with one attached hydrogen (secondary N) is 1. The molecule has 0 aliphatic heterocycles. The van der Waals surface area contributed by atoms with Gasteiger partial charge in [-0.2, -0.15) is 8.78 Å². The van der Waals surface area contributed by atoms with Crippen molar-refractivity contribution in [3.05, 3.63) is 23.7 Å². The van der Waals surface area contributed by atoms with E-state index in [9.17, 15) is 8.78 Å². The van der Waals surface area contributed by atoms with Gasteiger partial charge in [-0.3, -0.25) is 0 Å². The first kappa shape index (κ1) is 16.5.